The molecule has 0 saturated heterocycles. The number of oxazole rings is 1. The molecule has 0 atom stereocenters. The summed E-state index contributed by atoms with van der Waals surface area (Å²) in [5.74, 6) is 0.923. The number of anilines is 1. The van der Waals surface area contributed by atoms with E-state index in [2.05, 4.69) is 10.3 Å². The Labute approximate surface area is 192 Å². The maximum absolute atomic E-state index is 12.6. The van der Waals surface area contributed by atoms with Crippen LogP contribution in [-0.2, 0) is 0 Å². The Kier molecular flexibility index (Phi) is 5.27. The Bertz CT molecular complexity index is 1520. The van der Waals surface area contributed by atoms with E-state index >= 15 is 0 Å². The van der Waals surface area contributed by atoms with Gasteiger partial charge in [-0.15, -0.1) is 0 Å². The molecule has 9 nitrogen and oxygen atoms in total. The van der Waals surface area contributed by atoms with Crippen LogP contribution in [0.15, 0.2) is 87.7 Å². The van der Waals surface area contributed by atoms with Gasteiger partial charge in [0.2, 0.25) is 5.89 Å². The second-order valence-electron chi connectivity index (χ2n) is 7.32. The second-order valence-corrected chi connectivity index (χ2v) is 7.32. The quantitative estimate of drug-likeness (QED) is 0.249. The lowest BCUT2D eigenvalue weighted by molar-refractivity contribution is -0.384. The molecule has 5 aromatic rings. The van der Waals surface area contributed by atoms with Crippen LogP contribution >= 0.6 is 0 Å². The number of nitro groups is 1. The van der Waals surface area contributed by atoms with Crippen molar-refractivity contribution in [2.24, 2.45) is 0 Å². The fraction of sp³-hybridized carbons (Fsp3) is 0.0400. The molecule has 0 saturated carbocycles. The van der Waals surface area contributed by atoms with E-state index < -0.39 is 10.8 Å². The normalized spacial score (nSPS) is 10.9. The van der Waals surface area contributed by atoms with Crippen molar-refractivity contribution in [3.63, 3.8) is 0 Å². The number of benzene rings is 3. The van der Waals surface area contributed by atoms with Gasteiger partial charge in [0.1, 0.15) is 17.0 Å². The van der Waals surface area contributed by atoms with E-state index in [4.69, 9.17) is 13.6 Å². The summed E-state index contributed by atoms with van der Waals surface area (Å²) in [7, 11) is 1.59. The predicted molar refractivity (Wildman–Crippen MR) is 125 cm³/mol. The zero-order chi connectivity index (χ0) is 23.7. The summed E-state index contributed by atoms with van der Waals surface area (Å²) in [6.45, 7) is 0. The molecule has 3 aromatic carbocycles. The van der Waals surface area contributed by atoms with Crippen molar-refractivity contribution < 1.29 is 23.3 Å². The van der Waals surface area contributed by atoms with Gasteiger partial charge in [-0.05, 0) is 54.6 Å². The molecular weight excluding hydrogens is 438 g/mol. The third kappa shape index (κ3) is 3.97. The average molecular weight is 455 g/mol. The number of aromatic nitrogens is 1. The summed E-state index contributed by atoms with van der Waals surface area (Å²) in [5, 5.41) is 14.0. The Morgan fingerprint density at radius 1 is 1.00 bits per heavy atom. The number of nitrogens with zero attached hydrogens (tertiary/aromatic N) is 2. The summed E-state index contributed by atoms with van der Waals surface area (Å²) in [6.07, 6.45) is 0. The van der Waals surface area contributed by atoms with Crippen molar-refractivity contribution >= 4 is 28.4 Å². The molecule has 0 aliphatic heterocycles. The molecule has 0 unspecified atom stereocenters. The molecule has 34 heavy (non-hydrogen) atoms. The van der Waals surface area contributed by atoms with Crippen molar-refractivity contribution in [3.05, 3.63) is 94.7 Å². The largest absolute Gasteiger partial charge is 0.497 e. The number of nitro benzene ring substituents is 1. The molecule has 2 heterocycles. The van der Waals surface area contributed by atoms with E-state index in [1.54, 1.807) is 67.8 Å². The van der Waals surface area contributed by atoms with Gasteiger partial charge in [0, 0.05) is 23.4 Å². The second kappa shape index (κ2) is 8.55. The molecule has 0 aliphatic rings. The smallest absolute Gasteiger partial charge is 0.291 e. The van der Waals surface area contributed by atoms with Gasteiger partial charge in [-0.1, -0.05) is 12.1 Å². The standard InChI is InChI=1S/C25H17N3O6/c1-32-17-10-11-22-19(14-17)27-25(34-22)15-6-8-16(9-7-15)26-24(29)23-13-12-21(33-23)18-4-2-3-5-20(18)28(30)31/h2-14H,1H3,(H,26,29). The summed E-state index contributed by atoms with van der Waals surface area (Å²) < 4.78 is 16.6. The van der Waals surface area contributed by atoms with Crippen LogP contribution < -0.4 is 10.1 Å². The summed E-state index contributed by atoms with van der Waals surface area (Å²) >= 11 is 0. The number of methoxy groups -OCH3 is 1. The fourth-order valence-electron chi connectivity index (χ4n) is 3.49. The Hall–Kier alpha value is -4.92. The van der Waals surface area contributed by atoms with E-state index in [0.717, 1.165) is 5.56 Å². The molecule has 5 rings (SSSR count). The van der Waals surface area contributed by atoms with Crippen LogP contribution in [0.1, 0.15) is 10.6 Å². The van der Waals surface area contributed by atoms with Crippen molar-refractivity contribution in [2.75, 3.05) is 12.4 Å². The number of fused-ring (bicyclic) bond motifs is 1. The number of rotatable bonds is 6. The highest BCUT2D eigenvalue weighted by Crippen LogP contribution is 2.31. The average Bonchev–Trinajstić information content (AvgIpc) is 3.51. The Morgan fingerprint density at radius 2 is 1.79 bits per heavy atom. The molecule has 0 bridgehead atoms. The zero-order valence-corrected chi connectivity index (χ0v) is 17.8. The first kappa shape index (κ1) is 21.0. The van der Waals surface area contributed by atoms with Gasteiger partial charge in [0.15, 0.2) is 11.3 Å². The minimum absolute atomic E-state index is 0.0325. The monoisotopic (exact) mass is 455 g/mol. The molecule has 0 aliphatic carbocycles. The van der Waals surface area contributed by atoms with Crippen molar-refractivity contribution in [1.82, 2.24) is 4.98 Å². The minimum atomic E-state index is -0.494. The van der Waals surface area contributed by atoms with Gasteiger partial charge in [0.25, 0.3) is 11.6 Å². The highest BCUT2D eigenvalue weighted by Gasteiger charge is 2.19. The van der Waals surface area contributed by atoms with E-state index in [-0.39, 0.29) is 17.2 Å². The molecule has 9 heteroatoms. The highest BCUT2D eigenvalue weighted by atomic mass is 16.6. The molecule has 0 spiro atoms. The molecule has 0 fully saturated rings. The number of carbonyl (C=O) groups excluding carboxylic acids is 1. The van der Waals surface area contributed by atoms with Gasteiger partial charge in [0.05, 0.1) is 17.6 Å². The van der Waals surface area contributed by atoms with Crippen molar-refractivity contribution in [3.8, 4) is 28.5 Å². The summed E-state index contributed by atoms with van der Waals surface area (Å²) in [5.41, 5.74) is 2.79. The first-order valence-corrected chi connectivity index (χ1v) is 10.2. The number of hydrogen-bond donors (Lipinski definition) is 1. The maximum atomic E-state index is 12.6. The van der Waals surface area contributed by atoms with E-state index in [1.165, 1.54) is 18.2 Å². The molecule has 1 N–H and O–H groups in total. The van der Waals surface area contributed by atoms with Crippen molar-refractivity contribution in [2.45, 2.75) is 0 Å². The van der Waals surface area contributed by atoms with Crippen molar-refractivity contribution in [1.29, 1.82) is 0 Å². The minimum Gasteiger partial charge on any atom is -0.497 e. The number of furan rings is 1. The Morgan fingerprint density at radius 3 is 2.56 bits per heavy atom. The molecule has 2 aromatic heterocycles. The van der Waals surface area contributed by atoms with E-state index in [1.807, 2.05) is 0 Å². The third-order valence-electron chi connectivity index (χ3n) is 5.18. The number of ether oxygens (including phenoxy) is 1. The SMILES string of the molecule is COc1ccc2oc(-c3ccc(NC(=O)c4ccc(-c5ccccc5[N+](=O)[O-])o4)cc3)nc2c1. The van der Waals surface area contributed by atoms with Crippen LogP contribution in [0.25, 0.3) is 33.9 Å². The highest BCUT2D eigenvalue weighted by molar-refractivity contribution is 6.02. The molecule has 0 radical (unpaired) electrons. The van der Waals surface area contributed by atoms with Gasteiger partial charge < -0.3 is 18.9 Å². The Balaban J connectivity index is 1.32. The fourth-order valence-corrected chi connectivity index (χ4v) is 3.49. The lowest BCUT2D eigenvalue weighted by Crippen LogP contribution is -2.10. The molecule has 1 amide bonds. The lowest BCUT2D eigenvalue weighted by Gasteiger charge is -2.04. The first-order valence-electron chi connectivity index (χ1n) is 10.2. The predicted octanol–water partition coefficient (Wildman–Crippen LogP) is 5.92. The molecular formula is C25H17N3O6. The lowest BCUT2D eigenvalue weighted by atomic mass is 10.1. The van der Waals surface area contributed by atoms with Crippen LogP contribution in [0.3, 0.4) is 0 Å². The van der Waals surface area contributed by atoms with Crippen LogP contribution in [0.4, 0.5) is 11.4 Å². The number of para-hydroxylation sites is 1. The third-order valence-corrected chi connectivity index (χ3v) is 5.18. The van der Waals surface area contributed by atoms with E-state index in [0.29, 0.717) is 34.0 Å². The number of amides is 1. The first-order chi connectivity index (χ1) is 16.5. The number of carbonyl (C=O) groups is 1. The molecule has 168 valence electrons. The van der Waals surface area contributed by atoms with Crippen LogP contribution in [-0.4, -0.2) is 22.9 Å². The number of nitrogens with one attached hydrogen (secondary N) is 1. The number of hydrogen-bond acceptors (Lipinski definition) is 7. The van der Waals surface area contributed by atoms with Gasteiger partial charge in [-0.2, -0.15) is 0 Å². The topological polar surface area (TPSA) is 121 Å². The summed E-state index contributed by atoms with van der Waals surface area (Å²) in [6, 6.07) is 21.6. The van der Waals surface area contributed by atoms with Gasteiger partial charge >= 0.3 is 0 Å². The van der Waals surface area contributed by atoms with Crippen LogP contribution in [0.2, 0.25) is 0 Å². The van der Waals surface area contributed by atoms with Crippen LogP contribution in [0, 0.1) is 10.1 Å². The summed E-state index contributed by atoms with van der Waals surface area (Å²) in [4.78, 5) is 27.9. The van der Waals surface area contributed by atoms with Crippen LogP contribution in [0.5, 0.6) is 5.75 Å². The zero-order valence-electron chi connectivity index (χ0n) is 17.8. The van der Waals surface area contributed by atoms with E-state index in [9.17, 15) is 14.9 Å². The van der Waals surface area contributed by atoms with Gasteiger partial charge in [-0.25, -0.2) is 4.98 Å². The maximum Gasteiger partial charge on any atom is 0.291 e. The van der Waals surface area contributed by atoms with Gasteiger partial charge in [-0.3, -0.25) is 14.9 Å².